The van der Waals surface area contributed by atoms with Gasteiger partial charge in [-0.25, -0.2) is 9.97 Å². The first kappa shape index (κ1) is 28.9. The Bertz CT molecular complexity index is 1550. The molecule has 0 unspecified atom stereocenters. The Labute approximate surface area is 237 Å². The van der Waals surface area contributed by atoms with Crippen LogP contribution in [0.5, 0.6) is 5.75 Å². The van der Waals surface area contributed by atoms with Gasteiger partial charge < -0.3 is 30.7 Å². The van der Waals surface area contributed by atoms with E-state index in [1.165, 1.54) is 29.5 Å². The van der Waals surface area contributed by atoms with Gasteiger partial charge in [0.25, 0.3) is 0 Å². The molecule has 0 bridgehead atoms. The Hall–Kier alpha value is -3.59. The SMILES string of the molecule is Cc1nc(N[C@H](C)c2cccc(OC(F)(F)F)c2)nc(N[C@@H]2C[C@H](CO)[C@@H](O)[C@H]2O)c1-c1nc2c(C)nccc2s1. The summed E-state index contributed by atoms with van der Waals surface area (Å²) in [6.07, 6.45) is -5.06. The van der Waals surface area contributed by atoms with Crippen LogP contribution in [0.2, 0.25) is 0 Å². The number of aliphatic hydroxyl groups excluding tert-OH is 3. The van der Waals surface area contributed by atoms with Crippen molar-refractivity contribution in [2.24, 2.45) is 5.92 Å². The Balaban J connectivity index is 1.51. The minimum atomic E-state index is -4.81. The van der Waals surface area contributed by atoms with Gasteiger partial charge in [0, 0.05) is 18.7 Å². The van der Waals surface area contributed by atoms with Gasteiger partial charge in [0.15, 0.2) is 0 Å². The standard InChI is InChI=1S/C27H29F3N6O4S/c1-12(15-5-4-6-17(9-15)40-27(28,29)30)32-26-33-13(2)20(25-35-21-14(3)31-8-7-19(21)41-25)24(36-26)34-18-10-16(11-37)22(38)23(18)39/h4-9,12,16,18,22-23,37-39H,10-11H2,1-3H3,(H2,32,33,34,36)/t12-,16-,18-,22-,23+/m1/s1. The van der Waals surface area contributed by atoms with Crippen LogP contribution in [0.25, 0.3) is 20.8 Å². The summed E-state index contributed by atoms with van der Waals surface area (Å²) in [6.45, 7) is 5.11. The number of thiazole rings is 1. The normalized spacial score (nSPS) is 21.7. The van der Waals surface area contributed by atoms with Crippen molar-refractivity contribution in [1.29, 1.82) is 0 Å². The van der Waals surface area contributed by atoms with Gasteiger partial charge in [-0.2, -0.15) is 4.98 Å². The fraction of sp³-hybridized carbons (Fsp3) is 0.407. The topological polar surface area (TPSA) is 146 Å². The molecule has 3 aromatic heterocycles. The van der Waals surface area contributed by atoms with Gasteiger partial charge in [0.2, 0.25) is 5.95 Å². The van der Waals surface area contributed by atoms with E-state index in [0.29, 0.717) is 34.1 Å². The van der Waals surface area contributed by atoms with Crippen molar-refractivity contribution in [3.05, 3.63) is 53.5 Å². The molecule has 5 rings (SSSR count). The maximum Gasteiger partial charge on any atom is 0.573 e. The number of aliphatic hydroxyl groups is 3. The number of anilines is 2. The summed E-state index contributed by atoms with van der Waals surface area (Å²) in [5.74, 6) is -0.310. The van der Waals surface area contributed by atoms with Crippen molar-refractivity contribution in [3.8, 4) is 16.3 Å². The summed E-state index contributed by atoms with van der Waals surface area (Å²) in [5.41, 5.74) is 3.18. The van der Waals surface area contributed by atoms with Crippen molar-refractivity contribution >= 4 is 33.3 Å². The molecule has 4 aromatic rings. The van der Waals surface area contributed by atoms with Crippen molar-refractivity contribution in [2.45, 2.75) is 57.8 Å². The van der Waals surface area contributed by atoms with Gasteiger partial charge in [-0.1, -0.05) is 12.1 Å². The van der Waals surface area contributed by atoms with E-state index in [4.69, 9.17) is 4.98 Å². The fourth-order valence-electron chi connectivity index (χ4n) is 4.97. The molecule has 1 saturated carbocycles. The lowest BCUT2D eigenvalue weighted by molar-refractivity contribution is -0.274. The van der Waals surface area contributed by atoms with E-state index in [-0.39, 0.29) is 18.3 Å². The molecule has 1 aromatic carbocycles. The van der Waals surface area contributed by atoms with E-state index in [1.807, 2.05) is 13.0 Å². The Kier molecular flexibility index (Phi) is 8.01. The molecule has 10 nitrogen and oxygen atoms in total. The molecule has 0 aliphatic heterocycles. The molecule has 0 amide bonds. The third-order valence-corrected chi connectivity index (χ3v) is 8.13. The minimum absolute atomic E-state index is 0.189. The Morgan fingerprint density at radius 3 is 2.56 bits per heavy atom. The Morgan fingerprint density at radius 1 is 1.10 bits per heavy atom. The van der Waals surface area contributed by atoms with Crippen LogP contribution in [-0.4, -0.2) is 66.5 Å². The molecule has 1 fully saturated rings. The number of alkyl halides is 3. The van der Waals surface area contributed by atoms with Crippen molar-refractivity contribution in [3.63, 3.8) is 0 Å². The second-order valence-electron chi connectivity index (χ2n) is 10.0. The van der Waals surface area contributed by atoms with Crippen LogP contribution in [0, 0.1) is 19.8 Å². The fourth-order valence-corrected chi connectivity index (χ4v) is 6.08. The number of aromatic nitrogens is 4. The average Bonchev–Trinajstić information content (AvgIpc) is 3.45. The predicted octanol–water partition coefficient (Wildman–Crippen LogP) is 4.35. The maximum atomic E-state index is 12.7. The molecular weight excluding hydrogens is 561 g/mol. The van der Waals surface area contributed by atoms with E-state index in [9.17, 15) is 28.5 Å². The molecule has 218 valence electrons. The van der Waals surface area contributed by atoms with Crippen LogP contribution < -0.4 is 15.4 Å². The van der Waals surface area contributed by atoms with Gasteiger partial charge >= 0.3 is 6.36 Å². The summed E-state index contributed by atoms with van der Waals surface area (Å²) < 4.78 is 43.1. The molecule has 0 saturated heterocycles. The van der Waals surface area contributed by atoms with E-state index in [2.05, 4.69) is 30.3 Å². The average molecular weight is 591 g/mol. The lowest BCUT2D eigenvalue weighted by atomic mass is 10.1. The zero-order chi connectivity index (χ0) is 29.5. The number of halogens is 3. The number of aryl methyl sites for hydroxylation is 2. The highest BCUT2D eigenvalue weighted by molar-refractivity contribution is 7.21. The molecule has 14 heteroatoms. The Morgan fingerprint density at radius 2 is 1.88 bits per heavy atom. The van der Waals surface area contributed by atoms with E-state index in [1.54, 1.807) is 26.1 Å². The molecule has 1 aliphatic carbocycles. The summed E-state index contributed by atoms with van der Waals surface area (Å²) in [5, 5.41) is 37.7. The smallest absolute Gasteiger partial charge is 0.406 e. The molecule has 5 atom stereocenters. The number of benzene rings is 1. The van der Waals surface area contributed by atoms with Gasteiger partial charge in [-0.3, -0.25) is 4.98 Å². The number of fused-ring (bicyclic) bond motifs is 1. The molecule has 0 radical (unpaired) electrons. The number of rotatable bonds is 8. The first-order valence-electron chi connectivity index (χ1n) is 12.9. The zero-order valence-electron chi connectivity index (χ0n) is 22.3. The predicted molar refractivity (Wildman–Crippen MR) is 148 cm³/mol. The number of hydrogen-bond donors (Lipinski definition) is 5. The number of ether oxygens (including phenoxy) is 1. The van der Waals surface area contributed by atoms with Crippen LogP contribution in [-0.2, 0) is 0 Å². The summed E-state index contributed by atoms with van der Waals surface area (Å²) in [4.78, 5) is 18.4. The monoisotopic (exact) mass is 590 g/mol. The highest BCUT2D eigenvalue weighted by atomic mass is 32.1. The second kappa shape index (κ2) is 11.4. The summed E-state index contributed by atoms with van der Waals surface area (Å²) >= 11 is 1.43. The molecule has 3 heterocycles. The van der Waals surface area contributed by atoms with Crippen LogP contribution in [0.3, 0.4) is 0 Å². The minimum Gasteiger partial charge on any atom is -0.406 e. The number of nitrogens with one attached hydrogen (secondary N) is 2. The zero-order valence-corrected chi connectivity index (χ0v) is 23.2. The lowest BCUT2D eigenvalue weighted by Gasteiger charge is -2.22. The third-order valence-electron chi connectivity index (χ3n) is 7.09. The van der Waals surface area contributed by atoms with Crippen molar-refractivity contribution in [1.82, 2.24) is 19.9 Å². The third kappa shape index (κ3) is 6.20. The maximum absolute atomic E-state index is 12.7. The quantitative estimate of drug-likeness (QED) is 0.201. The van der Waals surface area contributed by atoms with Crippen LogP contribution >= 0.6 is 11.3 Å². The van der Waals surface area contributed by atoms with E-state index >= 15 is 0 Å². The van der Waals surface area contributed by atoms with Gasteiger partial charge in [0.05, 0.1) is 39.8 Å². The molecule has 41 heavy (non-hydrogen) atoms. The summed E-state index contributed by atoms with van der Waals surface area (Å²) in [7, 11) is 0. The lowest BCUT2D eigenvalue weighted by Crippen LogP contribution is -2.35. The van der Waals surface area contributed by atoms with Crippen LogP contribution in [0.1, 0.15) is 36.3 Å². The van der Waals surface area contributed by atoms with Crippen molar-refractivity contribution in [2.75, 3.05) is 17.2 Å². The first-order valence-corrected chi connectivity index (χ1v) is 13.7. The second-order valence-corrected chi connectivity index (χ2v) is 11.0. The molecule has 1 aliphatic rings. The van der Waals surface area contributed by atoms with Gasteiger partial charge in [-0.15, -0.1) is 24.5 Å². The molecule has 5 N–H and O–H groups in total. The van der Waals surface area contributed by atoms with Crippen LogP contribution in [0.4, 0.5) is 24.9 Å². The van der Waals surface area contributed by atoms with E-state index < -0.39 is 36.6 Å². The first-order chi connectivity index (χ1) is 19.4. The van der Waals surface area contributed by atoms with Gasteiger partial charge in [0.1, 0.15) is 28.2 Å². The largest absolute Gasteiger partial charge is 0.573 e. The van der Waals surface area contributed by atoms with Crippen molar-refractivity contribution < 1.29 is 33.2 Å². The van der Waals surface area contributed by atoms with E-state index in [0.717, 1.165) is 15.9 Å². The summed E-state index contributed by atoms with van der Waals surface area (Å²) in [6, 6.07) is 6.37. The van der Waals surface area contributed by atoms with Gasteiger partial charge in [-0.05, 0) is 51.0 Å². The molecular formula is C27H29F3N6O4S. The highest BCUT2D eigenvalue weighted by Gasteiger charge is 2.41. The number of pyridine rings is 1. The number of nitrogens with zero attached hydrogens (tertiary/aromatic N) is 4. The highest BCUT2D eigenvalue weighted by Crippen LogP contribution is 2.39. The molecule has 0 spiro atoms. The number of hydrogen-bond acceptors (Lipinski definition) is 11. The van der Waals surface area contributed by atoms with Crippen LogP contribution in [0.15, 0.2) is 36.5 Å².